The maximum absolute atomic E-state index is 14.2. The number of hydrogen-bond acceptors (Lipinski definition) is 6. The van der Waals surface area contributed by atoms with Gasteiger partial charge in [0.25, 0.3) is 10.0 Å². The molecule has 9 nitrogen and oxygen atoms in total. The molecule has 2 amide bonds. The molecule has 1 fully saturated rings. The lowest BCUT2D eigenvalue weighted by Gasteiger charge is -2.33. The minimum Gasteiger partial charge on any atom is -0.497 e. The first kappa shape index (κ1) is 31.2. The summed E-state index contributed by atoms with van der Waals surface area (Å²) in [6.07, 6.45) is 3.85. The Morgan fingerprint density at radius 3 is 2.29 bits per heavy atom. The highest BCUT2D eigenvalue weighted by Crippen LogP contribution is 2.36. The third-order valence-corrected chi connectivity index (χ3v) is 9.57. The van der Waals surface area contributed by atoms with Gasteiger partial charge in [0.1, 0.15) is 24.1 Å². The minimum atomic E-state index is -4.26. The van der Waals surface area contributed by atoms with Crippen LogP contribution in [0.3, 0.4) is 0 Å². The first-order valence-corrected chi connectivity index (χ1v) is 15.6. The summed E-state index contributed by atoms with van der Waals surface area (Å²) in [5.74, 6) is -0.288. The third-order valence-electron chi connectivity index (χ3n) is 7.43. The van der Waals surface area contributed by atoms with Crippen LogP contribution in [0.25, 0.3) is 0 Å². The molecule has 0 aromatic heterocycles. The van der Waals surface area contributed by atoms with Crippen molar-refractivity contribution in [3.05, 3.63) is 83.4 Å². The number of sulfonamides is 1. The lowest BCUT2D eigenvalue weighted by molar-refractivity contribution is -0.139. The number of rotatable bonds is 12. The number of hydrogen-bond donors (Lipinski definition) is 1. The molecule has 1 aliphatic carbocycles. The Bertz CT molecular complexity index is 1500. The minimum absolute atomic E-state index is 0.00618. The van der Waals surface area contributed by atoms with Crippen molar-refractivity contribution in [3.63, 3.8) is 0 Å². The van der Waals surface area contributed by atoms with E-state index in [2.05, 4.69) is 5.32 Å². The molecular formula is C31H36ClN3O6S. The second kappa shape index (κ2) is 13.9. The zero-order valence-corrected chi connectivity index (χ0v) is 25.5. The van der Waals surface area contributed by atoms with E-state index in [-0.39, 0.29) is 34.8 Å². The zero-order valence-electron chi connectivity index (χ0n) is 24.0. The maximum atomic E-state index is 14.2. The monoisotopic (exact) mass is 613 g/mol. The lowest BCUT2D eigenvalue weighted by Crippen LogP contribution is -2.52. The molecule has 11 heteroatoms. The summed E-state index contributed by atoms with van der Waals surface area (Å²) in [7, 11) is -1.38. The van der Waals surface area contributed by atoms with Gasteiger partial charge in [0.05, 0.1) is 24.8 Å². The highest BCUT2D eigenvalue weighted by Gasteiger charge is 2.35. The first-order valence-electron chi connectivity index (χ1n) is 13.8. The molecule has 0 saturated heterocycles. The third kappa shape index (κ3) is 7.17. The van der Waals surface area contributed by atoms with Gasteiger partial charge in [0.15, 0.2) is 0 Å². The molecule has 1 saturated carbocycles. The highest BCUT2D eigenvalue weighted by atomic mass is 35.5. The van der Waals surface area contributed by atoms with Gasteiger partial charge in [-0.05, 0) is 55.7 Å². The summed E-state index contributed by atoms with van der Waals surface area (Å²) in [5.41, 5.74) is 0.749. The van der Waals surface area contributed by atoms with E-state index in [1.165, 1.54) is 37.3 Å². The predicted molar refractivity (Wildman–Crippen MR) is 162 cm³/mol. The van der Waals surface area contributed by atoms with Crippen LogP contribution in [0.15, 0.2) is 77.7 Å². The molecule has 0 unspecified atom stereocenters. The molecule has 0 aliphatic heterocycles. The molecule has 4 rings (SSSR count). The second-order valence-corrected chi connectivity index (χ2v) is 12.4. The second-order valence-electron chi connectivity index (χ2n) is 10.1. The summed E-state index contributed by atoms with van der Waals surface area (Å²) >= 11 is 6.45. The van der Waals surface area contributed by atoms with E-state index < -0.39 is 28.5 Å². The van der Waals surface area contributed by atoms with E-state index >= 15 is 0 Å². The molecule has 224 valence electrons. The Balaban J connectivity index is 1.75. The number of nitrogens with one attached hydrogen (secondary N) is 1. The van der Waals surface area contributed by atoms with Crippen molar-refractivity contribution in [3.8, 4) is 11.5 Å². The van der Waals surface area contributed by atoms with E-state index in [0.717, 1.165) is 30.0 Å². The number of amides is 2. The van der Waals surface area contributed by atoms with Crippen LogP contribution in [0.1, 0.15) is 38.2 Å². The van der Waals surface area contributed by atoms with Crippen molar-refractivity contribution >= 4 is 39.1 Å². The van der Waals surface area contributed by atoms with Gasteiger partial charge in [-0.25, -0.2) is 8.42 Å². The Labute approximate surface area is 252 Å². The summed E-state index contributed by atoms with van der Waals surface area (Å²) in [6.45, 7) is 1.04. The van der Waals surface area contributed by atoms with Gasteiger partial charge >= 0.3 is 0 Å². The van der Waals surface area contributed by atoms with Crippen molar-refractivity contribution in [2.75, 3.05) is 25.1 Å². The van der Waals surface area contributed by atoms with Crippen LogP contribution in [0, 0.1) is 0 Å². The Hall–Kier alpha value is -3.76. The largest absolute Gasteiger partial charge is 0.497 e. The number of anilines is 1. The number of benzene rings is 3. The quantitative estimate of drug-likeness (QED) is 0.307. The fourth-order valence-electron chi connectivity index (χ4n) is 5.01. The number of ether oxygens (including phenoxy) is 2. The van der Waals surface area contributed by atoms with Crippen molar-refractivity contribution in [1.82, 2.24) is 10.2 Å². The number of carbonyl (C=O) groups excluding carboxylic acids is 2. The zero-order chi connectivity index (χ0) is 30.3. The summed E-state index contributed by atoms with van der Waals surface area (Å²) < 4.78 is 40.0. The van der Waals surface area contributed by atoms with Gasteiger partial charge in [-0.1, -0.05) is 60.8 Å². The van der Waals surface area contributed by atoms with E-state index in [1.807, 2.05) is 0 Å². The fraction of sp³-hybridized carbons (Fsp3) is 0.355. The smallest absolute Gasteiger partial charge is 0.264 e. The molecule has 3 aromatic rings. The van der Waals surface area contributed by atoms with E-state index in [1.54, 1.807) is 61.5 Å². The Morgan fingerprint density at radius 2 is 1.64 bits per heavy atom. The van der Waals surface area contributed by atoms with E-state index in [0.29, 0.717) is 16.3 Å². The summed E-state index contributed by atoms with van der Waals surface area (Å²) in [5, 5.41) is 3.49. The molecule has 1 atom stereocenters. The van der Waals surface area contributed by atoms with Crippen LogP contribution in [0.2, 0.25) is 5.02 Å². The van der Waals surface area contributed by atoms with Crippen molar-refractivity contribution in [2.24, 2.45) is 0 Å². The van der Waals surface area contributed by atoms with Crippen LogP contribution in [0.4, 0.5) is 5.69 Å². The molecule has 0 radical (unpaired) electrons. The number of halogens is 1. The van der Waals surface area contributed by atoms with Gasteiger partial charge < -0.3 is 19.7 Å². The Kier molecular flexibility index (Phi) is 10.3. The van der Waals surface area contributed by atoms with Crippen LogP contribution < -0.4 is 19.1 Å². The van der Waals surface area contributed by atoms with Gasteiger partial charge in [0.2, 0.25) is 11.8 Å². The Morgan fingerprint density at radius 1 is 0.976 bits per heavy atom. The van der Waals surface area contributed by atoms with Gasteiger partial charge in [0, 0.05) is 23.7 Å². The van der Waals surface area contributed by atoms with Gasteiger partial charge in [-0.15, -0.1) is 0 Å². The number of methoxy groups -OCH3 is 2. The van der Waals surface area contributed by atoms with Gasteiger partial charge in [-0.3, -0.25) is 13.9 Å². The lowest BCUT2D eigenvalue weighted by atomic mass is 10.1. The van der Waals surface area contributed by atoms with Crippen molar-refractivity contribution < 1.29 is 27.5 Å². The van der Waals surface area contributed by atoms with Crippen molar-refractivity contribution in [2.45, 2.75) is 56.1 Å². The summed E-state index contributed by atoms with van der Waals surface area (Å²) in [6, 6.07) is 18.7. The van der Waals surface area contributed by atoms with Crippen LogP contribution >= 0.6 is 11.6 Å². The molecule has 1 N–H and O–H groups in total. The average molecular weight is 614 g/mol. The molecule has 0 heterocycles. The predicted octanol–water partition coefficient (Wildman–Crippen LogP) is 5.03. The molecule has 0 bridgehead atoms. The average Bonchev–Trinajstić information content (AvgIpc) is 3.52. The molecular weight excluding hydrogens is 578 g/mol. The standard InChI is InChI=1S/C31H36ClN3O6S/c1-22(31(37)33-24-12-8-9-13-24)34(20-23-11-7-10-16-27(23)32)30(36)21-35(42(38,39)26-14-5-4-6-15-26)28-19-25(40-2)17-18-29(28)41-3/h4-7,10-11,14-19,22,24H,8-9,12-13,20-21H2,1-3H3,(H,33,37)/t22-/m0/s1. The molecule has 42 heavy (non-hydrogen) atoms. The van der Waals surface area contributed by atoms with Crippen LogP contribution in [0.5, 0.6) is 11.5 Å². The first-order chi connectivity index (χ1) is 20.1. The maximum Gasteiger partial charge on any atom is 0.264 e. The van der Waals surface area contributed by atoms with Crippen LogP contribution in [-0.4, -0.2) is 58.0 Å². The van der Waals surface area contributed by atoms with Crippen LogP contribution in [-0.2, 0) is 26.2 Å². The van der Waals surface area contributed by atoms with E-state index in [9.17, 15) is 18.0 Å². The number of nitrogens with zero attached hydrogens (tertiary/aromatic N) is 2. The highest BCUT2D eigenvalue weighted by molar-refractivity contribution is 7.92. The van der Waals surface area contributed by atoms with E-state index in [4.69, 9.17) is 21.1 Å². The normalized spacial score (nSPS) is 14.2. The van der Waals surface area contributed by atoms with Gasteiger partial charge in [-0.2, -0.15) is 0 Å². The topological polar surface area (TPSA) is 105 Å². The summed E-state index contributed by atoms with van der Waals surface area (Å²) in [4.78, 5) is 28.9. The fourth-order valence-corrected chi connectivity index (χ4v) is 6.64. The molecule has 0 spiro atoms. The number of carbonyl (C=O) groups is 2. The molecule has 1 aliphatic rings. The molecule has 3 aromatic carbocycles. The van der Waals surface area contributed by atoms with Crippen molar-refractivity contribution in [1.29, 1.82) is 0 Å². The SMILES string of the molecule is COc1ccc(OC)c(N(CC(=O)N(Cc2ccccc2Cl)[C@@H](C)C(=O)NC2CCCC2)S(=O)(=O)c2ccccc2)c1.